The van der Waals surface area contributed by atoms with Gasteiger partial charge >= 0.3 is 12.3 Å². The second-order valence-electron chi connectivity index (χ2n) is 5.62. The van der Waals surface area contributed by atoms with E-state index >= 15 is 0 Å². The third-order valence-electron chi connectivity index (χ3n) is 3.61. The van der Waals surface area contributed by atoms with Crippen molar-refractivity contribution in [1.82, 2.24) is 9.38 Å². The average molecular weight is 378 g/mol. The van der Waals surface area contributed by atoms with Crippen molar-refractivity contribution in [3.63, 3.8) is 0 Å². The van der Waals surface area contributed by atoms with Gasteiger partial charge in [-0.1, -0.05) is 6.07 Å². The van der Waals surface area contributed by atoms with Crippen molar-refractivity contribution in [3.05, 3.63) is 75.8 Å². The Morgan fingerprint density at radius 1 is 1.19 bits per heavy atom. The van der Waals surface area contributed by atoms with E-state index in [2.05, 4.69) is 9.72 Å². The SMILES string of the molecule is Cc1cccn2c(=O)cc(COC(=O)c3ccc(OC(F)(F)F)cc3)nc12. The quantitative estimate of drug-likeness (QED) is 0.652. The van der Waals surface area contributed by atoms with Crippen LogP contribution in [-0.4, -0.2) is 21.7 Å². The molecular weight excluding hydrogens is 365 g/mol. The van der Waals surface area contributed by atoms with Crippen molar-refractivity contribution in [2.24, 2.45) is 0 Å². The molecule has 140 valence electrons. The number of hydrogen-bond acceptors (Lipinski definition) is 5. The van der Waals surface area contributed by atoms with Gasteiger partial charge in [-0.25, -0.2) is 9.78 Å². The fourth-order valence-corrected chi connectivity index (χ4v) is 2.40. The average Bonchev–Trinajstić information content (AvgIpc) is 2.60. The van der Waals surface area contributed by atoms with Gasteiger partial charge in [0.05, 0.1) is 11.3 Å². The molecule has 9 heteroatoms. The maximum Gasteiger partial charge on any atom is 0.573 e. The lowest BCUT2D eigenvalue weighted by molar-refractivity contribution is -0.274. The predicted molar refractivity (Wildman–Crippen MR) is 88.4 cm³/mol. The summed E-state index contributed by atoms with van der Waals surface area (Å²) < 4.78 is 46.6. The number of fused-ring (bicyclic) bond motifs is 1. The molecule has 0 fully saturated rings. The zero-order valence-corrected chi connectivity index (χ0v) is 14.0. The maximum absolute atomic E-state index is 12.1. The van der Waals surface area contributed by atoms with Gasteiger partial charge in [-0.2, -0.15) is 0 Å². The Morgan fingerprint density at radius 2 is 1.89 bits per heavy atom. The van der Waals surface area contributed by atoms with E-state index in [4.69, 9.17) is 4.74 Å². The maximum atomic E-state index is 12.1. The number of esters is 1. The fourth-order valence-electron chi connectivity index (χ4n) is 2.40. The van der Waals surface area contributed by atoms with E-state index in [1.807, 2.05) is 0 Å². The van der Waals surface area contributed by atoms with Gasteiger partial charge in [0.2, 0.25) is 0 Å². The Kier molecular flexibility index (Phi) is 4.85. The molecule has 1 aromatic carbocycles. The van der Waals surface area contributed by atoms with Crippen LogP contribution < -0.4 is 10.3 Å². The first-order chi connectivity index (χ1) is 12.7. The van der Waals surface area contributed by atoms with E-state index in [1.54, 1.807) is 25.3 Å². The van der Waals surface area contributed by atoms with Gasteiger partial charge in [-0.3, -0.25) is 9.20 Å². The van der Waals surface area contributed by atoms with Crippen LogP contribution in [0.1, 0.15) is 21.6 Å². The van der Waals surface area contributed by atoms with Gasteiger partial charge in [0.1, 0.15) is 18.0 Å². The Morgan fingerprint density at radius 3 is 2.56 bits per heavy atom. The van der Waals surface area contributed by atoms with Crippen LogP contribution in [0, 0.1) is 6.92 Å². The molecule has 0 N–H and O–H groups in total. The number of carbonyl (C=O) groups is 1. The first kappa shape index (κ1) is 18.4. The molecule has 0 spiro atoms. The number of pyridine rings is 1. The van der Waals surface area contributed by atoms with Crippen LogP contribution in [-0.2, 0) is 11.3 Å². The molecule has 3 aromatic rings. The third-order valence-corrected chi connectivity index (χ3v) is 3.61. The van der Waals surface area contributed by atoms with E-state index in [0.29, 0.717) is 5.65 Å². The van der Waals surface area contributed by atoms with E-state index < -0.39 is 18.1 Å². The van der Waals surface area contributed by atoms with Crippen LogP contribution in [0.5, 0.6) is 5.75 Å². The van der Waals surface area contributed by atoms with Gasteiger partial charge in [-0.15, -0.1) is 13.2 Å². The normalized spacial score (nSPS) is 11.4. The third kappa shape index (κ3) is 4.43. The van der Waals surface area contributed by atoms with Crippen molar-refractivity contribution < 1.29 is 27.4 Å². The lowest BCUT2D eigenvalue weighted by atomic mass is 10.2. The van der Waals surface area contributed by atoms with Crippen LogP contribution in [0.2, 0.25) is 0 Å². The summed E-state index contributed by atoms with van der Waals surface area (Å²) in [6.45, 7) is 1.54. The van der Waals surface area contributed by atoms with E-state index in [0.717, 1.165) is 29.8 Å². The van der Waals surface area contributed by atoms with Crippen LogP contribution in [0.25, 0.3) is 5.65 Å². The van der Waals surface area contributed by atoms with Gasteiger partial charge in [0, 0.05) is 12.3 Å². The highest BCUT2D eigenvalue weighted by molar-refractivity contribution is 5.89. The highest BCUT2D eigenvalue weighted by Gasteiger charge is 2.31. The van der Waals surface area contributed by atoms with Gasteiger partial charge in [-0.05, 0) is 42.8 Å². The molecule has 0 unspecified atom stereocenters. The molecule has 2 heterocycles. The summed E-state index contributed by atoms with van der Waals surface area (Å²) in [7, 11) is 0. The van der Waals surface area contributed by atoms with Crippen LogP contribution in [0.3, 0.4) is 0 Å². The highest BCUT2D eigenvalue weighted by atomic mass is 19.4. The van der Waals surface area contributed by atoms with Crippen molar-refractivity contribution in [2.45, 2.75) is 19.9 Å². The van der Waals surface area contributed by atoms with Crippen molar-refractivity contribution in [2.75, 3.05) is 0 Å². The summed E-state index contributed by atoms with van der Waals surface area (Å²) in [6.07, 6.45) is -3.23. The summed E-state index contributed by atoms with van der Waals surface area (Å²) in [4.78, 5) is 28.4. The van der Waals surface area contributed by atoms with Crippen LogP contribution >= 0.6 is 0 Å². The van der Waals surface area contributed by atoms with Gasteiger partial charge in [0.25, 0.3) is 5.56 Å². The first-order valence-electron chi connectivity index (χ1n) is 7.74. The Balaban J connectivity index is 1.71. The minimum absolute atomic E-state index is 0.0400. The highest BCUT2D eigenvalue weighted by Crippen LogP contribution is 2.23. The largest absolute Gasteiger partial charge is 0.573 e. The molecule has 0 saturated heterocycles. The number of nitrogens with zero attached hydrogens (tertiary/aromatic N) is 2. The Labute approximate surface area is 150 Å². The second kappa shape index (κ2) is 7.10. The molecule has 0 radical (unpaired) electrons. The summed E-state index contributed by atoms with van der Waals surface area (Å²) in [5.41, 5.74) is 1.22. The fraction of sp³-hybridized carbons (Fsp3) is 0.167. The molecule has 3 rings (SSSR count). The van der Waals surface area contributed by atoms with Crippen molar-refractivity contribution in [1.29, 1.82) is 0 Å². The molecule has 6 nitrogen and oxygen atoms in total. The molecule has 0 aliphatic heterocycles. The molecule has 2 aromatic heterocycles. The zero-order chi connectivity index (χ0) is 19.6. The standard InChI is InChI=1S/C18H13F3N2O4/c1-11-3-2-8-23-15(24)9-13(22-16(11)23)10-26-17(25)12-4-6-14(7-5-12)27-18(19,20)21/h2-9H,10H2,1H3. The van der Waals surface area contributed by atoms with Crippen molar-refractivity contribution >= 4 is 11.6 Å². The number of hydrogen-bond donors (Lipinski definition) is 0. The minimum Gasteiger partial charge on any atom is -0.456 e. The summed E-state index contributed by atoms with van der Waals surface area (Å²) in [6, 6.07) is 9.08. The van der Waals surface area contributed by atoms with Gasteiger partial charge in [0.15, 0.2) is 0 Å². The Hall–Kier alpha value is -3.36. The number of halogens is 3. The number of alkyl halides is 3. The van der Waals surface area contributed by atoms with Gasteiger partial charge < -0.3 is 9.47 Å². The van der Waals surface area contributed by atoms with E-state index in [-0.39, 0.29) is 23.4 Å². The molecule has 0 bridgehead atoms. The molecule has 0 aliphatic rings. The topological polar surface area (TPSA) is 69.9 Å². The monoisotopic (exact) mass is 378 g/mol. The molecule has 0 saturated carbocycles. The van der Waals surface area contributed by atoms with Crippen LogP contribution in [0.4, 0.5) is 13.2 Å². The molecular formula is C18H13F3N2O4. The molecule has 0 amide bonds. The number of aromatic nitrogens is 2. The zero-order valence-electron chi connectivity index (χ0n) is 14.0. The first-order valence-corrected chi connectivity index (χ1v) is 7.74. The van der Waals surface area contributed by atoms with E-state index in [1.165, 1.54) is 10.5 Å². The second-order valence-corrected chi connectivity index (χ2v) is 5.62. The van der Waals surface area contributed by atoms with Crippen molar-refractivity contribution in [3.8, 4) is 5.75 Å². The smallest absolute Gasteiger partial charge is 0.456 e. The lowest BCUT2D eigenvalue weighted by Crippen LogP contribution is -2.17. The summed E-state index contributed by atoms with van der Waals surface area (Å²) in [5, 5.41) is 0. The summed E-state index contributed by atoms with van der Waals surface area (Å²) in [5.74, 6) is -1.21. The summed E-state index contributed by atoms with van der Waals surface area (Å²) >= 11 is 0. The number of ether oxygens (including phenoxy) is 2. The minimum atomic E-state index is -4.81. The number of carbonyl (C=O) groups excluding carboxylic acids is 1. The molecule has 0 atom stereocenters. The number of benzene rings is 1. The molecule has 27 heavy (non-hydrogen) atoms. The van der Waals surface area contributed by atoms with E-state index in [9.17, 15) is 22.8 Å². The Bertz CT molecular complexity index is 1040. The predicted octanol–water partition coefficient (Wildman–Crippen LogP) is 3.26. The lowest BCUT2D eigenvalue weighted by Gasteiger charge is -2.09. The van der Waals surface area contributed by atoms with Crippen LogP contribution in [0.15, 0.2) is 53.5 Å². The number of aryl methyl sites for hydroxylation is 1. The number of rotatable bonds is 4. The molecule has 0 aliphatic carbocycles.